The van der Waals surface area contributed by atoms with E-state index in [1.165, 1.54) is 73.7 Å². The molecule has 0 heterocycles. The first-order valence-electron chi connectivity index (χ1n) is 11.2. The van der Waals surface area contributed by atoms with E-state index in [1.54, 1.807) is 0 Å². The average Bonchev–Trinajstić information content (AvgIpc) is 2.70. The van der Waals surface area contributed by atoms with Crippen LogP contribution in [-0.4, -0.2) is 5.97 Å². The van der Waals surface area contributed by atoms with E-state index in [1.807, 2.05) is 18.2 Å². The third-order valence-electron chi connectivity index (χ3n) is 4.89. The average molecular weight is 559 g/mol. The van der Waals surface area contributed by atoms with Gasteiger partial charge in [0.1, 0.15) is 0 Å². The van der Waals surface area contributed by atoms with Crippen molar-refractivity contribution < 1.29 is 32.5 Å². The summed E-state index contributed by atoms with van der Waals surface area (Å²) in [6, 6.07) is 10.2. The SMILES string of the molecule is CCCCCCCCC=CCCCCCCCC(=O)[O][Hg][c]1ccccc1. The van der Waals surface area contributed by atoms with Gasteiger partial charge in [0.25, 0.3) is 0 Å². The van der Waals surface area contributed by atoms with Gasteiger partial charge in [-0.2, -0.15) is 0 Å². The number of unbranched alkanes of at least 4 members (excludes halogenated alkanes) is 11. The first-order chi connectivity index (χ1) is 13.3. The molecule has 27 heavy (non-hydrogen) atoms. The van der Waals surface area contributed by atoms with Crippen LogP contribution in [0.2, 0.25) is 0 Å². The van der Waals surface area contributed by atoms with Gasteiger partial charge in [0.2, 0.25) is 0 Å². The summed E-state index contributed by atoms with van der Waals surface area (Å²) in [5.41, 5.74) is 0. The molecular weight excluding hydrogens is 521 g/mol. The van der Waals surface area contributed by atoms with Crippen molar-refractivity contribution in [1.82, 2.24) is 0 Å². The maximum atomic E-state index is 11.8. The van der Waals surface area contributed by atoms with Crippen molar-refractivity contribution in [3.63, 3.8) is 0 Å². The fourth-order valence-electron chi connectivity index (χ4n) is 3.15. The van der Waals surface area contributed by atoms with E-state index in [-0.39, 0.29) is 5.97 Å². The molecule has 0 bridgehead atoms. The zero-order valence-corrected chi connectivity index (χ0v) is 23.0. The summed E-state index contributed by atoms with van der Waals surface area (Å²) in [5, 5.41) is 0. The van der Waals surface area contributed by atoms with E-state index < -0.39 is 25.0 Å². The van der Waals surface area contributed by atoms with Crippen molar-refractivity contribution in [2.75, 3.05) is 0 Å². The fraction of sp³-hybridized carbons (Fsp3) is 0.625. The number of benzene rings is 1. The summed E-state index contributed by atoms with van der Waals surface area (Å²) in [6.45, 7) is 2.27. The maximum absolute atomic E-state index is 11.8. The zero-order valence-electron chi connectivity index (χ0n) is 17.5. The molecule has 0 unspecified atom stereocenters. The molecule has 0 atom stereocenters. The number of carbonyl (C=O) groups excluding carboxylic acids is 1. The van der Waals surface area contributed by atoms with E-state index in [9.17, 15) is 4.79 Å². The molecule has 0 fully saturated rings. The van der Waals surface area contributed by atoms with Gasteiger partial charge in [0.15, 0.2) is 0 Å². The predicted molar refractivity (Wildman–Crippen MR) is 112 cm³/mol. The number of carbonyl (C=O) groups is 1. The van der Waals surface area contributed by atoms with Crippen molar-refractivity contribution in [3.8, 4) is 0 Å². The third-order valence-corrected chi connectivity index (χ3v) is 9.83. The number of hydrogen-bond donors (Lipinski definition) is 0. The van der Waals surface area contributed by atoms with Crippen LogP contribution in [0.4, 0.5) is 0 Å². The quantitative estimate of drug-likeness (QED) is 0.118. The summed E-state index contributed by atoms with van der Waals surface area (Å²) in [4.78, 5) is 11.8. The molecule has 1 aromatic rings. The van der Waals surface area contributed by atoms with Crippen molar-refractivity contribution >= 4 is 9.04 Å². The van der Waals surface area contributed by atoms with Crippen LogP contribution in [0.15, 0.2) is 42.5 Å². The molecule has 0 N–H and O–H groups in total. The van der Waals surface area contributed by atoms with Crippen molar-refractivity contribution in [3.05, 3.63) is 42.5 Å². The minimum atomic E-state index is -1.65. The Morgan fingerprint density at radius 2 is 1.37 bits per heavy atom. The Morgan fingerprint density at radius 1 is 0.815 bits per heavy atom. The molecule has 1 rings (SSSR count). The van der Waals surface area contributed by atoms with E-state index in [0.717, 1.165) is 12.8 Å². The van der Waals surface area contributed by atoms with E-state index >= 15 is 0 Å². The molecule has 0 amide bonds. The van der Waals surface area contributed by atoms with Gasteiger partial charge in [0, 0.05) is 0 Å². The normalized spacial score (nSPS) is 10.9. The molecule has 3 heteroatoms. The van der Waals surface area contributed by atoms with Crippen LogP contribution in [0.25, 0.3) is 0 Å². The second-order valence-corrected chi connectivity index (χ2v) is 12.9. The Morgan fingerprint density at radius 3 is 2.00 bits per heavy atom. The molecule has 0 aliphatic heterocycles. The summed E-state index contributed by atoms with van der Waals surface area (Å²) in [7, 11) is 0. The molecule has 0 aromatic heterocycles. The van der Waals surface area contributed by atoms with Crippen LogP contribution >= 0.6 is 0 Å². The van der Waals surface area contributed by atoms with Crippen LogP contribution in [0.1, 0.15) is 96.8 Å². The van der Waals surface area contributed by atoms with E-state index in [0.29, 0.717) is 6.42 Å². The summed E-state index contributed by atoms with van der Waals surface area (Å²) >= 11 is -1.65. The standard InChI is InChI=1S/C18H34O2.C6H5.Hg/c1-2-3-4-5-6-7-8-9-10-11-12-13-14-15-16-17-18(19)20;1-2-4-6-5-3-1;/h9-10H,2-8,11-17H2,1H3,(H,19,20);1-5H;/q;;+1/p-1. The third kappa shape index (κ3) is 16.1. The number of allylic oxidation sites excluding steroid dienone is 2. The minimum absolute atomic E-state index is 0.0261. The molecule has 0 saturated carbocycles. The summed E-state index contributed by atoms with van der Waals surface area (Å²) < 4.78 is 6.79. The second-order valence-electron chi connectivity index (χ2n) is 7.48. The Balaban J connectivity index is 1.82. The van der Waals surface area contributed by atoms with Crippen LogP contribution in [0, 0.1) is 0 Å². The summed E-state index contributed by atoms with van der Waals surface area (Å²) in [6.07, 6.45) is 22.0. The van der Waals surface area contributed by atoms with Crippen LogP contribution < -0.4 is 3.07 Å². The molecule has 0 saturated heterocycles. The second kappa shape index (κ2) is 18.7. The van der Waals surface area contributed by atoms with Gasteiger partial charge in [0.05, 0.1) is 0 Å². The Kier molecular flexibility index (Phi) is 16.9. The number of hydrogen-bond acceptors (Lipinski definition) is 2. The van der Waals surface area contributed by atoms with Gasteiger partial charge in [-0.05, 0) is 6.42 Å². The summed E-state index contributed by atoms with van der Waals surface area (Å²) in [5.74, 6) is 0.0261. The molecule has 1 aromatic carbocycles. The van der Waals surface area contributed by atoms with Crippen LogP contribution in [0.5, 0.6) is 0 Å². The topological polar surface area (TPSA) is 26.3 Å². The van der Waals surface area contributed by atoms with Crippen molar-refractivity contribution in [2.24, 2.45) is 0 Å². The molecule has 2 nitrogen and oxygen atoms in total. The molecule has 0 aliphatic carbocycles. The van der Waals surface area contributed by atoms with Crippen LogP contribution in [0.3, 0.4) is 0 Å². The monoisotopic (exact) mass is 560 g/mol. The molecule has 148 valence electrons. The van der Waals surface area contributed by atoms with E-state index in [4.69, 9.17) is 2.64 Å². The Labute approximate surface area is 180 Å². The fourth-order valence-corrected chi connectivity index (χ4v) is 6.79. The van der Waals surface area contributed by atoms with E-state index in [2.05, 4.69) is 31.2 Å². The predicted octanol–water partition coefficient (Wildman–Crippen LogP) is 6.89. The van der Waals surface area contributed by atoms with Gasteiger partial charge < -0.3 is 0 Å². The molecule has 0 radical (unpaired) electrons. The van der Waals surface area contributed by atoms with Gasteiger partial charge in [-0.25, -0.2) is 0 Å². The Hall–Kier alpha value is -0.635. The van der Waals surface area contributed by atoms with Gasteiger partial charge in [-0.1, -0.05) is 39.0 Å². The zero-order chi connectivity index (χ0) is 19.4. The van der Waals surface area contributed by atoms with Crippen molar-refractivity contribution in [1.29, 1.82) is 0 Å². The molecule has 0 spiro atoms. The first kappa shape index (κ1) is 24.4. The van der Waals surface area contributed by atoms with Crippen LogP contribution in [-0.2, 0) is 32.5 Å². The van der Waals surface area contributed by atoms with Gasteiger partial charge in [-0.15, -0.1) is 0 Å². The molecular formula is C24H38HgO2. The van der Waals surface area contributed by atoms with Gasteiger partial charge >= 0.3 is 135 Å². The number of rotatable bonds is 17. The van der Waals surface area contributed by atoms with Crippen molar-refractivity contribution in [2.45, 2.75) is 96.8 Å². The first-order valence-corrected chi connectivity index (χ1v) is 16.2. The van der Waals surface area contributed by atoms with Gasteiger partial charge in [-0.3, -0.25) is 0 Å². The Bertz CT molecular complexity index is 484. The molecule has 0 aliphatic rings.